The van der Waals surface area contributed by atoms with Crippen LogP contribution in [-0.2, 0) is 9.53 Å². The van der Waals surface area contributed by atoms with Crippen molar-refractivity contribution in [3.63, 3.8) is 0 Å². The highest BCUT2D eigenvalue weighted by atomic mass is 16.5. The zero-order valence-electron chi connectivity index (χ0n) is 16.2. The van der Waals surface area contributed by atoms with Gasteiger partial charge in [-0.15, -0.1) is 0 Å². The van der Waals surface area contributed by atoms with Crippen molar-refractivity contribution < 1.29 is 19.4 Å². The van der Waals surface area contributed by atoms with E-state index in [9.17, 15) is 9.59 Å². The van der Waals surface area contributed by atoms with Crippen LogP contribution < -0.4 is 16.8 Å². The molecule has 1 aliphatic rings. The van der Waals surface area contributed by atoms with Gasteiger partial charge in [-0.1, -0.05) is 48.5 Å². The molecule has 29 heavy (non-hydrogen) atoms. The molecule has 1 amide bonds. The van der Waals surface area contributed by atoms with Crippen LogP contribution in [0.3, 0.4) is 0 Å². The van der Waals surface area contributed by atoms with Crippen molar-refractivity contribution in [3.8, 4) is 11.1 Å². The van der Waals surface area contributed by atoms with E-state index in [1.165, 1.54) is 22.3 Å². The molecule has 2 aromatic rings. The average molecular weight is 397 g/mol. The SMILES string of the molecule is NC(CCNC(=O)OCC1c2ccccc2-c2ccccc21)CC[C@H](N)C(=O)O. The smallest absolute Gasteiger partial charge is 0.407 e. The molecular weight excluding hydrogens is 370 g/mol. The number of rotatable bonds is 9. The number of hydrogen-bond acceptors (Lipinski definition) is 5. The van der Waals surface area contributed by atoms with E-state index >= 15 is 0 Å². The zero-order valence-corrected chi connectivity index (χ0v) is 16.2. The van der Waals surface area contributed by atoms with E-state index in [1.54, 1.807) is 0 Å². The minimum atomic E-state index is -1.03. The van der Waals surface area contributed by atoms with Crippen LogP contribution in [0.1, 0.15) is 36.3 Å². The number of aliphatic carboxylic acids is 1. The van der Waals surface area contributed by atoms with Crippen molar-refractivity contribution in [2.45, 2.75) is 37.3 Å². The van der Waals surface area contributed by atoms with Crippen LogP contribution in [0.2, 0.25) is 0 Å². The van der Waals surface area contributed by atoms with E-state index in [1.807, 2.05) is 24.3 Å². The van der Waals surface area contributed by atoms with Crippen LogP contribution in [0, 0.1) is 0 Å². The first-order chi connectivity index (χ1) is 14.0. The van der Waals surface area contributed by atoms with Crippen molar-refractivity contribution in [2.75, 3.05) is 13.2 Å². The molecule has 0 saturated heterocycles. The quantitative estimate of drug-likeness (QED) is 0.515. The third kappa shape index (κ3) is 5.13. The summed E-state index contributed by atoms with van der Waals surface area (Å²) in [5, 5.41) is 11.5. The summed E-state index contributed by atoms with van der Waals surface area (Å²) in [6.07, 6.45) is 0.832. The molecule has 0 heterocycles. The number of ether oxygens (including phenoxy) is 1. The van der Waals surface area contributed by atoms with Crippen LogP contribution in [0.15, 0.2) is 48.5 Å². The molecule has 2 atom stereocenters. The molecule has 0 aromatic heterocycles. The lowest BCUT2D eigenvalue weighted by atomic mass is 9.98. The lowest BCUT2D eigenvalue weighted by Gasteiger charge is -2.16. The number of carbonyl (C=O) groups excluding carboxylic acids is 1. The fourth-order valence-electron chi connectivity index (χ4n) is 3.67. The summed E-state index contributed by atoms with van der Waals surface area (Å²) in [6.45, 7) is 0.625. The Labute approximate surface area is 170 Å². The second-order valence-corrected chi connectivity index (χ2v) is 7.32. The summed E-state index contributed by atoms with van der Waals surface area (Å²) in [5.41, 5.74) is 16.1. The van der Waals surface area contributed by atoms with Crippen molar-refractivity contribution in [2.24, 2.45) is 11.5 Å². The minimum absolute atomic E-state index is 0.0212. The number of alkyl carbamates (subject to hydrolysis) is 1. The molecule has 7 heteroatoms. The fraction of sp³-hybridized carbons (Fsp3) is 0.364. The summed E-state index contributed by atoms with van der Waals surface area (Å²) in [5.74, 6) is -1.01. The second-order valence-electron chi connectivity index (χ2n) is 7.32. The number of fused-ring (bicyclic) bond motifs is 3. The van der Waals surface area contributed by atoms with E-state index in [-0.39, 0.29) is 18.6 Å². The molecule has 0 aliphatic heterocycles. The average Bonchev–Trinajstić information content (AvgIpc) is 3.04. The van der Waals surface area contributed by atoms with Crippen LogP contribution in [-0.4, -0.2) is 42.4 Å². The number of amides is 1. The number of hydrogen-bond donors (Lipinski definition) is 4. The largest absolute Gasteiger partial charge is 0.480 e. The van der Waals surface area contributed by atoms with Crippen molar-refractivity contribution >= 4 is 12.1 Å². The van der Waals surface area contributed by atoms with Gasteiger partial charge in [-0.25, -0.2) is 4.79 Å². The molecule has 7 nitrogen and oxygen atoms in total. The summed E-state index contributed by atoms with van der Waals surface area (Å²) in [7, 11) is 0. The van der Waals surface area contributed by atoms with Gasteiger partial charge < -0.3 is 26.6 Å². The highest BCUT2D eigenvalue weighted by Crippen LogP contribution is 2.44. The molecule has 0 fully saturated rings. The Morgan fingerprint density at radius 2 is 1.55 bits per heavy atom. The number of carbonyl (C=O) groups is 2. The first-order valence-corrected chi connectivity index (χ1v) is 9.80. The lowest BCUT2D eigenvalue weighted by molar-refractivity contribution is -0.138. The molecular formula is C22H27N3O4. The molecule has 1 aliphatic carbocycles. The maximum atomic E-state index is 12.1. The van der Waals surface area contributed by atoms with Gasteiger partial charge in [0.1, 0.15) is 12.6 Å². The number of nitrogens with one attached hydrogen (secondary N) is 1. The standard InChI is InChI=1S/C22H27N3O4/c23-14(9-10-20(24)21(26)27)11-12-25-22(28)29-13-19-17-7-3-1-5-15(17)16-6-2-4-8-18(16)19/h1-8,14,19-20H,9-13,23-24H2,(H,25,28)(H,26,27)/t14?,20-/m0/s1. The van der Waals surface area contributed by atoms with Gasteiger partial charge in [0.15, 0.2) is 0 Å². The Hall–Kier alpha value is -2.90. The fourth-order valence-corrected chi connectivity index (χ4v) is 3.67. The number of benzene rings is 2. The van der Waals surface area contributed by atoms with Crippen LogP contribution in [0.4, 0.5) is 4.79 Å². The molecule has 6 N–H and O–H groups in total. The van der Waals surface area contributed by atoms with E-state index in [2.05, 4.69) is 29.6 Å². The van der Waals surface area contributed by atoms with Crippen molar-refractivity contribution in [1.82, 2.24) is 5.32 Å². The number of carboxylic acid groups (broad SMARTS) is 1. The Bertz CT molecular complexity index is 825. The third-order valence-corrected chi connectivity index (χ3v) is 5.29. The first kappa shape index (κ1) is 20.8. The first-order valence-electron chi connectivity index (χ1n) is 9.80. The molecule has 0 radical (unpaired) electrons. The summed E-state index contributed by atoms with van der Waals surface area (Å²) < 4.78 is 5.46. The van der Waals surface area contributed by atoms with Gasteiger partial charge >= 0.3 is 12.1 Å². The molecule has 0 bridgehead atoms. The molecule has 0 spiro atoms. The maximum absolute atomic E-state index is 12.1. The van der Waals surface area contributed by atoms with Gasteiger partial charge in [0.05, 0.1) is 0 Å². The highest BCUT2D eigenvalue weighted by molar-refractivity contribution is 5.79. The molecule has 154 valence electrons. The monoisotopic (exact) mass is 397 g/mol. The van der Waals surface area contributed by atoms with E-state index in [0.717, 1.165) is 0 Å². The zero-order chi connectivity index (χ0) is 20.8. The Morgan fingerprint density at radius 1 is 0.966 bits per heavy atom. The van der Waals surface area contributed by atoms with Crippen molar-refractivity contribution in [1.29, 1.82) is 0 Å². The van der Waals surface area contributed by atoms with Gasteiger partial charge in [-0.05, 0) is 41.5 Å². The normalized spacial score (nSPS) is 14.6. The summed E-state index contributed by atoms with van der Waals surface area (Å²) in [4.78, 5) is 22.8. The van der Waals surface area contributed by atoms with Gasteiger partial charge in [0.25, 0.3) is 0 Å². The predicted molar refractivity (Wildman–Crippen MR) is 111 cm³/mol. The van der Waals surface area contributed by atoms with Gasteiger partial charge in [0.2, 0.25) is 0 Å². The van der Waals surface area contributed by atoms with E-state index in [0.29, 0.717) is 25.8 Å². The Balaban J connectivity index is 1.45. The Morgan fingerprint density at radius 3 is 2.14 bits per heavy atom. The van der Waals surface area contributed by atoms with E-state index < -0.39 is 18.1 Å². The molecule has 0 saturated carbocycles. The van der Waals surface area contributed by atoms with Crippen LogP contribution in [0.5, 0.6) is 0 Å². The topological polar surface area (TPSA) is 128 Å². The highest BCUT2D eigenvalue weighted by Gasteiger charge is 2.28. The number of nitrogens with two attached hydrogens (primary N) is 2. The summed E-state index contributed by atoms with van der Waals surface area (Å²) in [6, 6.07) is 15.2. The maximum Gasteiger partial charge on any atom is 0.407 e. The third-order valence-electron chi connectivity index (χ3n) is 5.29. The second kappa shape index (κ2) is 9.54. The number of carboxylic acids is 1. The predicted octanol–water partition coefficient (Wildman–Crippen LogP) is 2.43. The van der Waals surface area contributed by atoms with Gasteiger partial charge in [-0.2, -0.15) is 0 Å². The van der Waals surface area contributed by atoms with E-state index in [4.69, 9.17) is 21.3 Å². The molecule has 1 unspecified atom stereocenters. The van der Waals surface area contributed by atoms with Crippen LogP contribution in [0.25, 0.3) is 11.1 Å². The van der Waals surface area contributed by atoms with Crippen LogP contribution >= 0.6 is 0 Å². The molecule has 2 aromatic carbocycles. The van der Waals surface area contributed by atoms with Crippen molar-refractivity contribution in [3.05, 3.63) is 59.7 Å². The minimum Gasteiger partial charge on any atom is -0.480 e. The van der Waals surface area contributed by atoms with Gasteiger partial charge in [0, 0.05) is 18.5 Å². The lowest BCUT2D eigenvalue weighted by Crippen LogP contribution is -2.35. The van der Waals surface area contributed by atoms with Gasteiger partial charge in [-0.3, -0.25) is 4.79 Å². The Kier molecular flexibility index (Phi) is 6.85. The molecule has 3 rings (SSSR count). The summed E-state index contributed by atoms with van der Waals surface area (Å²) >= 11 is 0.